The quantitative estimate of drug-likeness (QED) is 0.581. The molecule has 0 radical (unpaired) electrons. The lowest BCUT2D eigenvalue weighted by Gasteiger charge is -2.02. The minimum atomic E-state index is 0.479. The summed E-state index contributed by atoms with van der Waals surface area (Å²) in [6, 6.07) is 0.479. The molecule has 2 heteroatoms. The van der Waals surface area contributed by atoms with Crippen molar-refractivity contribution < 1.29 is 0 Å². The first-order valence-corrected chi connectivity index (χ1v) is 3.63. The molecule has 0 aliphatic carbocycles. The lowest BCUT2D eigenvalue weighted by Crippen LogP contribution is -2.00. The van der Waals surface area contributed by atoms with Gasteiger partial charge in [-0.05, 0) is 33.3 Å². The molecule has 0 amide bonds. The Hall–Kier alpha value is -0.790. The van der Waals surface area contributed by atoms with Gasteiger partial charge in [0.2, 0.25) is 0 Å². The zero-order valence-corrected chi connectivity index (χ0v) is 7.05. The van der Waals surface area contributed by atoms with Crippen molar-refractivity contribution in [3.63, 3.8) is 0 Å². The predicted octanol–water partition coefficient (Wildman–Crippen LogP) is 2.08. The number of aryl methyl sites for hydroxylation is 2. The highest BCUT2D eigenvalue weighted by Crippen LogP contribution is 2.07. The van der Waals surface area contributed by atoms with Gasteiger partial charge < -0.3 is 0 Å². The van der Waals surface area contributed by atoms with Crippen LogP contribution < -0.4 is 0 Å². The standard InChI is InChI=1S/C8H14N2/c1-6(2)10-5-7(3)8(4)9-10/h5-6H,1-4H3. The van der Waals surface area contributed by atoms with Crippen molar-refractivity contribution in [2.45, 2.75) is 33.7 Å². The summed E-state index contributed by atoms with van der Waals surface area (Å²) in [5.74, 6) is 0. The molecule has 2 nitrogen and oxygen atoms in total. The van der Waals surface area contributed by atoms with E-state index in [0.29, 0.717) is 6.04 Å². The van der Waals surface area contributed by atoms with Gasteiger partial charge in [0.15, 0.2) is 0 Å². The van der Waals surface area contributed by atoms with E-state index in [9.17, 15) is 0 Å². The Balaban J connectivity index is 2.98. The summed E-state index contributed by atoms with van der Waals surface area (Å²) in [5.41, 5.74) is 2.41. The Morgan fingerprint density at radius 1 is 1.40 bits per heavy atom. The topological polar surface area (TPSA) is 17.8 Å². The van der Waals surface area contributed by atoms with Gasteiger partial charge >= 0.3 is 0 Å². The van der Waals surface area contributed by atoms with Gasteiger partial charge in [0, 0.05) is 12.2 Å². The van der Waals surface area contributed by atoms with Crippen molar-refractivity contribution in [3.8, 4) is 0 Å². The summed E-state index contributed by atoms with van der Waals surface area (Å²) in [7, 11) is 0. The van der Waals surface area contributed by atoms with Crippen molar-refractivity contribution in [2.75, 3.05) is 0 Å². The second-order valence-electron chi connectivity index (χ2n) is 2.97. The van der Waals surface area contributed by atoms with Gasteiger partial charge in [-0.15, -0.1) is 0 Å². The van der Waals surface area contributed by atoms with Crippen LogP contribution in [0.4, 0.5) is 0 Å². The van der Waals surface area contributed by atoms with Gasteiger partial charge in [-0.25, -0.2) is 0 Å². The number of hydrogen-bond donors (Lipinski definition) is 0. The molecule has 10 heavy (non-hydrogen) atoms. The molecule has 0 aliphatic heterocycles. The Kier molecular flexibility index (Phi) is 1.79. The van der Waals surface area contributed by atoms with Crippen LogP contribution in [0.1, 0.15) is 31.1 Å². The highest BCUT2D eigenvalue weighted by Gasteiger charge is 2.01. The van der Waals surface area contributed by atoms with Crippen molar-refractivity contribution in [3.05, 3.63) is 17.5 Å². The fraction of sp³-hybridized carbons (Fsp3) is 0.625. The second-order valence-corrected chi connectivity index (χ2v) is 2.97. The fourth-order valence-electron chi connectivity index (χ4n) is 0.837. The number of nitrogens with zero attached hydrogens (tertiary/aromatic N) is 2. The maximum Gasteiger partial charge on any atom is 0.0622 e. The van der Waals surface area contributed by atoms with E-state index in [-0.39, 0.29) is 0 Å². The van der Waals surface area contributed by atoms with Crippen LogP contribution in [0.2, 0.25) is 0 Å². The van der Waals surface area contributed by atoms with Crippen LogP contribution in [-0.2, 0) is 0 Å². The molecule has 0 atom stereocenters. The number of rotatable bonds is 1. The molecule has 0 aliphatic rings. The van der Waals surface area contributed by atoms with Gasteiger partial charge in [-0.2, -0.15) is 5.10 Å². The van der Waals surface area contributed by atoms with Gasteiger partial charge in [0.05, 0.1) is 5.69 Å². The second kappa shape index (κ2) is 2.45. The molecule has 0 saturated heterocycles. The van der Waals surface area contributed by atoms with Crippen LogP contribution in [-0.4, -0.2) is 9.78 Å². The van der Waals surface area contributed by atoms with E-state index in [2.05, 4.69) is 32.1 Å². The van der Waals surface area contributed by atoms with Crippen LogP contribution >= 0.6 is 0 Å². The first-order chi connectivity index (χ1) is 4.61. The maximum absolute atomic E-state index is 4.33. The van der Waals surface area contributed by atoms with Crippen molar-refractivity contribution in [1.29, 1.82) is 0 Å². The minimum Gasteiger partial charge on any atom is -0.270 e. The third-order valence-electron chi connectivity index (χ3n) is 1.69. The summed E-state index contributed by atoms with van der Waals surface area (Å²) in [5, 5.41) is 4.33. The molecule has 1 aromatic heterocycles. The lowest BCUT2D eigenvalue weighted by molar-refractivity contribution is 0.529. The molecule has 0 N–H and O–H groups in total. The third-order valence-corrected chi connectivity index (χ3v) is 1.69. The smallest absolute Gasteiger partial charge is 0.0622 e. The molecule has 0 spiro atoms. The Morgan fingerprint density at radius 2 is 2.00 bits per heavy atom. The molecular formula is C8H14N2. The zero-order valence-electron chi connectivity index (χ0n) is 7.05. The van der Waals surface area contributed by atoms with Gasteiger partial charge in [-0.3, -0.25) is 4.68 Å². The van der Waals surface area contributed by atoms with E-state index in [0.717, 1.165) is 5.69 Å². The number of hydrogen-bond acceptors (Lipinski definition) is 1. The fourth-order valence-corrected chi connectivity index (χ4v) is 0.837. The minimum absolute atomic E-state index is 0.479. The van der Waals surface area contributed by atoms with Crippen LogP contribution in [0, 0.1) is 13.8 Å². The lowest BCUT2D eigenvalue weighted by atomic mass is 10.3. The van der Waals surface area contributed by atoms with Crippen LogP contribution in [0.5, 0.6) is 0 Å². The molecule has 0 saturated carbocycles. The maximum atomic E-state index is 4.33. The van der Waals surface area contributed by atoms with E-state index in [4.69, 9.17) is 0 Å². The highest BCUT2D eigenvalue weighted by molar-refractivity contribution is 5.12. The SMILES string of the molecule is Cc1cn(C(C)C)nc1C. The normalized spacial score (nSPS) is 10.9. The zero-order chi connectivity index (χ0) is 7.72. The summed E-state index contributed by atoms with van der Waals surface area (Å²) in [6.45, 7) is 8.38. The summed E-state index contributed by atoms with van der Waals surface area (Å²) in [4.78, 5) is 0. The molecule has 1 heterocycles. The summed E-state index contributed by atoms with van der Waals surface area (Å²) in [6.07, 6.45) is 2.08. The molecule has 1 rings (SSSR count). The Morgan fingerprint density at radius 3 is 2.20 bits per heavy atom. The van der Waals surface area contributed by atoms with E-state index in [1.165, 1.54) is 5.56 Å². The summed E-state index contributed by atoms with van der Waals surface area (Å²) >= 11 is 0. The highest BCUT2D eigenvalue weighted by atomic mass is 15.3. The van der Waals surface area contributed by atoms with E-state index < -0.39 is 0 Å². The molecule has 56 valence electrons. The first-order valence-electron chi connectivity index (χ1n) is 3.63. The molecule has 0 aromatic carbocycles. The van der Waals surface area contributed by atoms with Crippen molar-refractivity contribution in [1.82, 2.24) is 9.78 Å². The number of aromatic nitrogens is 2. The van der Waals surface area contributed by atoms with Crippen LogP contribution in [0.15, 0.2) is 6.20 Å². The Bertz CT molecular complexity index is 204. The predicted molar refractivity (Wildman–Crippen MR) is 42.1 cm³/mol. The van der Waals surface area contributed by atoms with Gasteiger partial charge in [0.25, 0.3) is 0 Å². The monoisotopic (exact) mass is 138 g/mol. The van der Waals surface area contributed by atoms with Crippen LogP contribution in [0.3, 0.4) is 0 Å². The average Bonchev–Trinajstić information content (AvgIpc) is 2.13. The Labute approximate surface area is 61.9 Å². The van der Waals surface area contributed by atoms with Gasteiger partial charge in [-0.1, -0.05) is 0 Å². The van der Waals surface area contributed by atoms with Crippen LogP contribution in [0.25, 0.3) is 0 Å². The third kappa shape index (κ3) is 1.20. The molecule has 0 unspecified atom stereocenters. The van der Waals surface area contributed by atoms with Gasteiger partial charge in [0.1, 0.15) is 0 Å². The molecular weight excluding hydrogens is 124 g/mol. The van der Waals surface area contributed by atoms with E-state index in [1.807, 2.05) is 11.6 Å². The molecule has 1 aromatic rings. The van der Waals surface area contributed by atoms with E-state index >= 15 is 0 Å². The summed E-state index contributed by atoms with van der Waals surface area (Å²) < 4.78 is 1.99. The largest absolute Gasteiger partial charge is 0.270 e. The molecule has 0 bridgehead atoms. The average molecular weight is 138 g/mol. The first kappa shape index (κ1) is 7.32. The van der Waals surface area contributed by atoms with Crippen molar-refractivity contribution in [2.24, 2.45) is 0 Å². The molecule has 0 fully saturated rings. The van der Waals surface area contributed by atoms with Crippen molar-refractivity contribution >= 4 is 0 Å². The van der Waals surface area contributed by atoms with E-state index in [1.54, 1.807) is 0 Å².